The Morgan fingerprint density at radius 1 is 1.13 bits per heavy atom. The molecule has 4 rings (SSSR count). The molecule has 0 bridgehead atoms. The number of hydrogen-bond acceptors (Lipinski definition) is 4. The van der Waals surface area contributed by atoms with E-state index in [0.717, 1.165) is 31.6 Å². The fraction of sp³-hybridized carbons (Fsp3) is 0.250. The Balaban J connectivity index is 1.94. The van der Waals surface area contributed by atoms with Crippen molar-refractivity contribution < 1.29 is 12.8 Å². The van der Waals surface area contributed by atoms with Crippen molar-refractivity contribution in [3.63, 3.8) is 0 Å². The third-order valence-corrected chi connectivity index (χ3v) is 5.52. The largest absolute Gasteiger partial charge is 0.370 e. The maximum Gasteiger partial charge on any atom is 0.283 e. The molecule has 2 aliphatic heterocycles. The van der Waals surface area contributed by atoms with Gasteiger partial charge in [-0.3, -0.25) is 4.98 Å². The molecule has 0 aliphatic carbocycles. The van der Waals surface area contributed by atoms with E-state index in [4.69, 9.17) is 0 Å². The molecule has 0 amide bonds. The van der Waals surface area contributed by atoms with Crippen LogP contribution in [0.25, 0.3) is 0 Å². The predicted molar refractivity (Wildman–Crippen MR) is 84.9 cm³/mol. The molecule has 118 valence electrons. The number of benzene rings is 1. The standard InChI is InChI=1S/C16H14FN3O2S/c17-12-4-3-5-14-15(12)16(19-23(14,21)22)11-6-7-18-10-13(11)20-8-1-2-9-20/h3-7,10H,1-2,8-9H2. The molecule has 1 aromatic carbocycles. The summed E-state index contributed by atoms with van der Waals surface area (Å²) in [6.07, 6.45) is 5.41. The number of fused-ring (bicyclic) bond motifs is 1. The lowest BCUT2D eigenvalue weighted by Crippen LogP contribution is -2.21. The van der Waals surface area contributed by atoms with E-state index in [1.54, 1.807) is 18.5 Å². The highest BCUT2D eigenvalue weighted by Gasteiger charge is 2.34. The molecule has 5 nitrogen and oxygen atoms in total. The molecular formula is C16H14FN3O2S. The van der Waals surface area contributed by atoms with Crippen LogP contribution >= 0.6 is 0 Å². The first-order chi connectivity index (χ1) is 11.1. The summed E-state index contributed by atoms with van der Waals surface area (Å²) in [5.41, 5.74) is 1.63. The molecule has 0 saturated carbocycles. The van der Waals surface area contributed by atoms with Gasteiger partial charge in [-0.1, -0.05) is 6.07 Å². The molecule has 3 heterocycles. The van der Waals surface area contributed by atoms with Gasteiger partial charge < -0.3 is 4.90 Å². The SMILES string of the molecule is O=S1(=O)N=C(c2ccncc2N2CCCC2)c2c(F)cccc21. The minimum atomic E-state index is -3.86. The molecule has 0 unspecified atom stereocenters. The Hall–Kier alpha value is -2.28. The third kappa shape index (κ3) is 2.23. The summed E-state index contributed by atoms with van der Waals surface area (Å²) in [6, 6.07) is 5.73. The number of nitrogens with zero attached hydrogens (tertiary/aromatic N) is 3. The number of halogens is 1. The highest BCUT2D eigenvalue weighted by Crippen LogP contribution is 2.34. The molecular weight excluding hydrogens is 317 g/mol. The van der Waals surface area contributed by atoms with Crippen LogP contribution in [-0.4, -0.2) is 32.2 Å². The monoisotopic (exact) mass is 331 g/mol. The second-order valence-electron chi connectivity index (χ2n) is 5.61. The Kier molecular flexibility index (Phi) is 3.19. The van der Waals surface area contributed by atoms with Gasteiger partial charge in [-0.15, -0.1) is 0 Å². The van der Waals surface area contributed by atoms with E-state index < -0.39 is 15.8 Å². The topological polar surface area (TPSA) is 62.6 Å². The third-order valence-electron chi connectivity index (χ3n) is 4.20. The summed E-state index contributed by atoms with van der Waals surface area (Å²) >= 11 is 0. The zero-order valence-corrected chi connectivity index (χ0v) is 13.1. The minimum absolute atomic E-state index is 0.0548. The van der Waals surface area contributed by atoms with Crippen LogP contribution < -0.4 is 4.90 Å². The lowest BCUT2D eigenvalue weighted by Gasteiger charge is -2.20. The van der Waals surface area contributed by atoms with E-state index in [0.29, 0.717) is 5.56 Å². The highest BCUT2D eigenvalue weighted by atomic mass is 32.2. The normalized spacial score (nSPS) is 18.8. The van der Waals surface area contributed by atoms with Crippen molar-refractivity contribution in [3.8, 4) is 0 Å². The lowest BCUT2D eigenvalue weighted by atomic mass is 10.0. The maximum atomic E-state index is 14.3. The first-order valence-electron chi connectivity index (χ1n) is 7.41. The molecule has 0 radical (unpaired) electrons. The Morgan fingerprint density at radius 3 is 2.70 bits per heavy atom. The average Bonchev–Trinajstić information content (AvgIpc) is 3.15. The Bertz CT molecular complexity index is 919. The number of anilines is 1. The van der Waals surface area contributed by atoms with Crippen LogP contribution in [0.1, 0.15) is 24.0 Å². The summed E-state index contributed by atoms with van der Waals surface area (Å²) in [6.45, 7) is 1.76. The van der Waals surface area contributed by atoms with Gasteiger partial charge in [0.2, 0.25) is 0 Å². The van der Waals surface area contributed by atoms with Gasteiger partial charge in [0.1, 0.15) is 10.7 Å². The second-order valence-corrected chi connectivity index (χ2v) is 7.19. The molecule has 2 aromatic rings. The summed E-state index contributed by atoms with van der Waals surface area (Å²) in [5.74, 6) is -0.577. The van der Waals surface area contributed by atoms with Crippen LogP contribution in [-0.2, 0) is 10.0 Å². The minimum Gasteiger partial charge on any atom is -0.370 e. The molecule has 7 heteroatoms. The molecule has 2 aliphatic rings. The first-order valence-corrected chi connectivity index (χ1v) is 8.85. The number of pyridine rings is 1. The van der Waals surface area contributed by atoms with E-state index in [9.17, 15) is 12.8 Å². The number of rotatable bonds is 2. The van der Waals surface area contributed by atoms with Crippen LogP contribution in [0.2, 0.25) is 0 Å². The van der Waals surface area contributed by atoms with Gasteiger partial charge in [0, 0.05) is 24.8 Å². The van der Waals surface area contributed by atoms with Crippen LogP contribution in [0.15, 0.2) is 46.0 Å². The van der Waals surface area contributed by atoms with Crippen molar-refractivity contribution in [1.29, 1.82) is 0 Å². The zero-order valence-electron chi connectivity index (χ0n) is 12.2. The molecule has 0 spiro atoms. The van der Waals surface area contributed by atoms with Gasteiger partial charge >= 0.3 is 0 Å². The van der Waals surface area contributed by atoms with E-state index in [-0.39, 0.29) is 16.2 Å². The fourth-order valence-electron chi connectivity index (χ4n) is 3.14. The summed E-state index contributed by atoms with van der Waals surface area (Å²) < 4.78 is 42.6. The average molecular weight is 331 g/mol. The predicted octanol–water partition coefficient (Wildman–Crippen LogP) is 2.36. The summed E-state index contributed by atoms with van der Waals surface area (Å²) in [4.78, 5) is 6.20. The van der Waals surface area contributed by atoms with Crippen LogP contribution in [0.4, 0.5) is 10.1 Å². The number of aromatic nitrogens is 1. The van der Waals surface area contributed by atoms with Crippen LogP contribution in [0.3, 0.4) is 0 Å². The van der Waals surface area contributed by atoms with Crippen molar-refractivity contribution in [1.82, 2.24) is 4.98 Å². The molecule has 1 fully saturated rings. The van der Waals surface area contributed by atoms with Crippen molar-refractivity contribution in [2.75, 3.05) is 18.0 Å². The van der Waals surface area contributed by atoms with Gasteiger partial charge in [0.25, 0.3) is 10.0 Å². The van der Waals surface area contributed by atoms with Gasteiger partial charge in [0.05, 0.1) is 23.2 Å². The maximum absolute atomic E-state index is 14.3. The quantitative estimate of drug-likeness (QED) is 0.847. The van der Waals surface area contributed by atoms with Gasteiger partial charge in [0.15, 0.2) is 0 Å². The lowest BCUT2D eigenvalue weighted by molar-refractivity contribution is 0.595. The smallest absolute Gasteiger partial charge is 0.283 e. The first kappa shape index (κ1) is 14.3. The summed E-state index contributed by atoms with van der Waals surface area (Å²) in [5, 5.41) is 0. The van der Waals surface area contributed by atoms with Crippen molar-refractivity contribution in [3.05, 3.63) is 53.6 Å². The van der Waals surface area contributed by atoms with E-state index in [1.807, 2.05) is 0 Å². The molecule has 0 atom stereocenters. The molecule has 1 saturated heterocycles. The van der Waals surface area contributed by atoms with E-state index >= 15 is 0 Å². The van der Waals surface area contributed by atoms with E-state index in [2.05, 4.69) is 14.3 Å². The Morgan fingerprint density at radius 2 is 1.91 bits per heavy atom. The highest BCUT2D eigenvalue weighted by molar-refractivity contribution is 7.90. The fourth-order valence-corrected chi connectivity index (χ4v) is 4.38. The molecule has 0 N–H and O–H groups in total. The van der Waals surface area contributed by atoms with Crippen LogP contribution in [0, 0.1) is 5.82 Å². The van der Waals surface area contributed by atoms with Gasteiger partial charge in [-0.05, 0) is 31.0 Å². The summed E-state index contributed by atoms with van der Waals surface area (Å²) in [7, 11) is -3.86. The molecule has 23 heavy (non-hydrogen) atoms. The van der Waals surface area contributed by atoms with Crippen LogP contribution in [0.5, 0.6) is 0 Å². The van der Waals surface area contributed by atoms with E-state index in [1.165, 1.54) is 18.2 Å². The van der Waals surface area contributed by atoms with Crippen molar-refractivity contribution >= 4 is 21.4 Å². The van der Waals surface area contributed by atoms with Crippen molar-refractivity contribution in [2.24, 2.45) is 4.40 Å². The second kappa shape index (κ2) is 5.13. The van der Waals surface area contributed by atoms with Gasteiger partial charge in [-0.2, -0.15) is 12.8 Å². The van der Waals surface area contributed by atoms with Gasteiger partial charge in [-0.25, -0.2) is 4.39 Å². The number of sulfonamides is 1. The Labute approximate surface area is 133 Å². The number of hydrogen-bond donors (Lipinski definition) is 0. The molecule has 1 aromatic heterocycles. The zero-order chi connectivity index (χ0) is 16.0. The van der Waals surface area contributed by atoms with Crippen molar-refractivity contribution in [2.45, 2.75) is 17.7 Å².